The van der Waals surface area contributed by atoms with Gasteiger partial charge in [-0.2, -0.15) is 5.10 Å². The quantitative estimate of drug-likeness (QED) is 0.337. The molecular weight excluding hydrogens is 509 g/mol. The Morgan fingerprint density at radius 1 is 0.914 bits per heavy atom. The van der Waals surface area contributed by atoms with Crippen molar-refractivity contribution in [2.45, 2.75) is 0 Å². The van der Waals surface area contributed by atoms with Gasteiger partial charge in [-0.1, -0.05) is 59.1 Å². The Bertz CT molecular complexity index is 1230. The lowest BCUT2D eigenvalue weighted by Crippen LogP contribution is -2.51. The Kier molecular flexibility index (Phi) is 8.23. The van der Waals surface area contributed by atoms with Crippen LogP contribution in [0.3, 0.4) is 0 Å². The second-order valence-corrected chi connectivity index (χ2v) is 9.00. The zero-order valence-electron chi connectivity index (χ0n) is 18.7. The molecule has 10 heteroatoms. The first-order chi connectivity index (χ1) is 16.9. The van der Waals surface area contributed by atoms with Crippen molar-refractivity contribution in [2.24, 2.45) is 5.10 Å². The summed E-state index contributed by atoms with van der Waals surface area (Å²) in [5, 5.41) is 6.95. The van der Waals surface area contributed by atoms with Crippen LogP contribution in [0, 0.1) is 0 Å². The summed E-state index contributed by atoms with van der Waals surface area (Å²) in [4.78, 5) is 34.0. The van der Waals surface area contributed by atoms with Gasteiger partial charge in [0.1, 0.15) is 6.54 Å². The topological polar surface area (TPSA) is 69.1 Å². The number of benzene rings is 2. The highest BCUT2D eigenvalue weighted by Gasteiger charge is 2.26. The van der Waals surface area contributed by atoms with E-state index in [4.69, 9.17) is 34.8 Å². The van der Waals surface area contributed by atoms with Crippen molar-refractivity contribution in [1.29, 1.82) is 0 Å². The van der Waals surface area contributed by atoms with Crippen LogP contribution in [-0.2, 0) is 4.79 Å². The summed E-state index contributed by atoms with van der Waals surface area (Å²) < 4.78 is 0. The van der Waals surface area contributed by atoms with Crippen molar-refractivity contribution in [3.8, 4) is 0 Å². The van der Waals surface area contributed by atoms with Gasteiger partial charge in [-0.05, 0) is 30.3 Å². The molecule has 2 aromatic carbocycles. The van der Waals surface area contributed by atoms with E-state index in [-0.39, 0.29) is 12.5 Å². The van der Waals surface area contributed by atoms with E-state index in [1.165, 1.54) is 18.6 Å². The van der Waals surface area contributed by atoms with Gasteiger partial charge in [0.25, 0.3) is 5.91 Å². The molecule has 2 heterocycles. The van der Waals surface area contributed by atoms with Crippen molar-refractivity contribution in [3.05, 3.63) is 93.2 Å². The van der Waals surface area contributed by atoms with Crippen LogP contribution in [-0.4, -0.2) is 65.6 Å². The average molecular weight is 531 g/mol. The molecule has 0 atom stereocenters. The van der Waals surface area contributed by atoms with Crippen LogP contribution < -0.4 is 4.90 Å². The molecule has 7 nitrogen and oxygen atoms in total. The molecule has 0 spiro atoms. The predicted octanol–water partition coefficient (Wildman–Crippen LogP) is 4.87. The Labute approximate surface area is 218 Å². The van der Waals surface area contributed by atoms with Crippen LogP contribution in [0.4, 0.5) is 5.69 Å². The van der Waals surface area contributed by atoms with Gasteiger partial charge in [-0.25, -0.2) is 5.01 Å². The standard InChI is InChI=1S/C25H22Cl3N5O2/c26-20-5-2-1-4-19(20)16-30-33(25(35)18-8-10-29-11-9-18)17-23(34)32-14-12-31(13-15-32)22-7-3-6-21(27)24(22)28/h1-11,16H,12-15,17H2/b30-16+. The number of amides is 2. The van der Waals surface area contributed by atoms with Crippen LogP contribution in [0.25, 0.3) is 0 Å². The smallest absolute Gasteiger partial charge is 0.274 e. The third kappa shape index (κ3) is 6.11. The number of rotatable bonds is 6. The normalized spacial score (nSPS) is 13.8. The highest BCUT2D eigenvalue weighted by Crippen LogP contribution is 2.32. The molecule has 180 valence electrons. The summed E-state index contributed by atoms with van der Waals surface area (Å²) in [5.74, 6) is -0.617. The molecule has 35 heavy (non-hydrogen) atoms. The van der Waals surface area contributed by atoms with Gasteiger partial charge in [0.05, 0.1) is 21.9 Å². The Morgan fingerprint density at radius 3 is 2.31 bits per heavy atom. The van der Waals surface area contributed by atoms with Gasteiger partial charge in [0.2, 0.25) is 5.91 Å². The maximum atomic E-state index is 13.1. The lowest BCUT2D eigenvalue weighted by molar-refractivity contribution is -0.132. The number of hydrogen-bond donors (Lipinski definition) is 0. The summed E-state index contributed by atoms with van der Waals surface area (Å²) in [6.07, 6.45) is 4.52. The van der Waals surface area contributed by atoms with E-state index < -0.39 is 5.91 Å². The SMILES string of the molecule is O=C(CN(/N=C/c1ccccc1Cl)C(=O)c1ccncc1)N1CCN(c2cccc(Cl)c2Cl)CC1. The first-order valence-corrected chi connectivity index (χ1v) is 12.0. The number of hydrogen-bond acceptors (Lipinski definition) is 5. The fraction of sp³-hybridized carbons (Fsp3) is 0.200. The molecule has 0 saturated carbocycles. The van der Waals surface area contributed by atoms with Crippen molar-refractivity contribution in [1.82, 2.24) is 14.9 Å². The summed E-state index contributed by atoms with van der Waals surface area (Å²) in [5.41, 5.74) is 1.86. The van der Waals surface area contributed by atoms with Crippen LogP contribution in [0.5, 0.6) is 0 Å². The van der Waals surface area contributed by atoms with E-state index in [2.05, 4.69) is 15.0 Å². The minimum atomic E-state index is -0.409. The van der Waals surface area contributed by atoms with E-state index in [1.54, 1.807) is 41.3 Å². The molecule has 0 unspecified atom stereocenters. The third-order valence-electron chi connectivity index (χ3n) is 5.59. The van der Waals surface area contributed by atoms with Crippen LogP contribution in [0.15, 0.2) is 72.1 Å². The lowest BCUT2D eigenvalue weighted by Gasteiger charge is -2.37. The van der Waals surface area contributed by atoms with E-state index in [0.717, 1.165) is 10.7 Å². The Balaban J connectivity index is 1.46. The van der Waals surface area contributed by atoms with Crippen molar-refractivity contribution in [3.63, 3.8) is 0 Å². The van der Waals surface area contributed by atoms with Crippen molar-refractivity contribution in [2.75, 3.05) is 37.6 Å². The molecule has 1 aliphatic rings. The van der Waals surface area contributed by atoms with E-state index in [9.17, 15) is 9.59 Å². The molecule has 0 radical (unpaired) electrons. The Morgan fingerprint density at radius 2 is 1.60 bits per heavy atom. The molecule has 1 fully saturated rings. The zero-order chi connectivity index (χ0) is 24.8. The third-order valence-corrected chi connectivity index (χ3v) is 6.75. The van der Waals surface area contributed by atoms with Gasteiger partial charge >= 0.3 is 0 Å². The number of pyridine rings is 1. The minimum Gasteiger partial charge on any atom is -0.367 e. The number of aromatic nitrogens is 1. The summed E-state index contributed by atoms with van der Waals surface area (Å²) >= 11 is 18.7. The van der Waals surface area contributed by atoms with E-state index in [0.29, 0.717) is 52.4 Å². The first-order valence-electron chi connectivity index (χ1n) is 10.9. The molecule has 2 amide bonds. The maximum Gasteiger partial charge on any atom is 0.274 e. The molecule has 1 aliphatic heterocycles. The largest absolute Gasteiger partial charge is 0.367 e. The van der Waals surface area contributed by atoms with E-state index >= 15 is 0 Å². The number of nitrogens with zero attached hydrogens (tertiary/aromatic N) is 5. The molecule has 0 bridgehead atoms. The fourth-order valence-corrected chi connectivity index (χ4v) is 4.28. The minimum absolute atomic E-state index is 0.208. The summed E-state index contributed by atoms with van der Waals surface area (Å²) in [6, 6.07) is 15.8. The van der Waals surface area contributed by atoms with Gasteiger partial charge < -0.3 is 9.80 Å². The number of hydrazone groups is 1. The van der Waals surface area contributed by atoms with Gasteiger partial charge in [-0.3, -0.25) is 14.6 Å². The molecule has 1 aromatic heterocycles. The number of carbonyl (C=O) groups is 2. The monoisotopic (exact) mass is 529 g/mol. The number of anilines is 1. The van der Waals surface area contributed by atoms with Gasteiger partial charge in [0.15, 0.2) is 0 Å². The second kappa shape index (κ2) is 11.5. The number of carbonyl (C=O) groups excluding carboxylic acids is 2. The van der Waals surface area contributed by atoms with Crippen LogP contribution in [0.2, 0.25) is 15.1 Å². The van der Waals surface area contributed by atoms with Crippen molar-refractivity contribution < 1.29 is 9.59 Å². The first kappa shape index (κ1) is 25.0. The summed E-state index contributed by atoms with van der Waals surface area (Å²) in [7, 11) is 0. The highest BCUT2D eigenvalue weighted by atomic mass is 35.5. The fourth-order valence-electron chi connectivity index (χ4n) is 3.68. The molecule has 0 aliphatic carbocycles. The maximum absolute atomic E-state index is 13.1. The second-order valence-electron chi connectivity index (χ2n) is 7.81. The average Bonchev–Trinajstić information content (AvgIpc) is 2.89. The molecular formula is C25H22Cl3N5O2. The van der Waals surface area contributed by atoms with Crippen LogP contribution in [0.1, 0.15) is 15.9 Å². The number of piperazine rings is 1. The van der Waals surface area contributed by atoms with E-state index in [1.807, 2.05) is 18.2 Å². The number of halogens is 3. The Hall–Kier alpha value is -3.13. The van der Waals surface area contributed by atoms with Crippen molar-refractivity contribution >= 4 is 58.5 Å². The highest BCUT2D eigenvalue weighted by molar-refractivity contribution is 6.43. The van der Waals surface area contributed by atoms with Crippen LogP contribution >= 0.6 is 34.8 Å². The summed E-state index contributed by atoms with van der Waals surface area (Å²) in [6.45, 7) is 1.93. The molecule has 1 saturated heterocycles. The molecule has 4 rings (SSSR count). The lowest BCUT2D eigenvalue weighted by atomic mass is 10.2. The molecule has 3 aromatic rings. The zero-order valence-corrected chi connectivity index (χ0v) is 20.9. The van der Waals surface area contributed by atoms with Gasteiger partial charge in [0, 0.05) is 54.7 Å². The predicted molar refractivity (Wildman–Crippen MR) is 140 cm³/mol. The van der Waals surface area contributed by atoms with Gasteiger partial charge in [-0.15, -0.1) is 0 Å². The molecule has 0 N–H and O–H groups in total.